The van der Waals surface area contributed by atoms with Gasteiger partial charge in [0.1, 0.15) is 5.82 Å². The van der Waals surface area contributed by atoms with E-state index in [-0.39, 0.29) is 0 Å². The molecule has 0 aliphatic heterocycles. The fraction of sp³-hybridized carbons (Fsp3) is 0.208. The molecule has 0 saturated heterocycles. The molecule has 0 spiro atoms. The Labute approximate surface area is 154 Å². The van der Waals surface area contributed by atoms with Crippen LogP contribution in [0.2, 0.25) is 0 Å². The molecule has 0 aliphatic carbocycles. The first kappa shape index (κ1) is 16.6. The standard InChI is InChI=1S/C24H24N2/c1-18-24(21-12-3-2-4-13-21)26-23(25-18)17-8-6-11-20-15-9-14-19-10-5-7-16-22(19)20/h2-5,7,9-10,12-16H,6,8,11,17H2,1H3,(H,25,26). The number of hydrogen-bond acceptors (Lipinski definition) is 1. The summed E-state index contributed by atoms with van der Waals surface area (Å²) in [7, 11) is 0. The number of benzene rings is 3. The van der Waals surface area contributed by atoms with Crippen LogP contribution in [0.5, 0.6) is 0 Å². The third-order valence-electron chi connectivity index (χ3n) is 4.97. The van der Waals surface area contributed by atoms with Crippen LogP contribution < -0.4 is 0 Å². The van der Waals surface area contributed by atoms with Gasteiger partial charge in [-0.1, -0.05) is 72.8 Å². The van der Waals surface area contributed by atoms with Gasteiger partial charge in [-0.25, -0.2) is 4.98 Å². The molecular formula is C24H24N2. The van der Waals surface area contributed by atoms with Crippen LogP contribution in [0.1, 0.15) is 29.9 Å². The second kappa shape index (κ2) is 7.57. The van der Waals surface area contributed by atoms with Crippen molar-refractivity contribution in [3.8, 4) is 11.3 Å². The number of nitrogens with one attached hydrogen (secondary N) is 1. The molecule has 0 aliphatic rings. The van der Waals surface area contributed by atoms with E-state index in [4.69, 9.17) is 4.98 Å². The first-order valence-electron chi connectivity index (χ1n) is 9.39. The second-order valence-electron chi connectivity index (χ2n) is 6.87. The van der Waals surface area contributed by atoms with Crippen molar-refractivity contribution in [2.75, 3.05) is 0 Å². The molecule has 1 N–H and O–H groups in total. The van der Waals surface area contributed by atoms with Crippen molar-refractivity contribution in [1.82, 2.24) is 9.97 Å². The highest BCUT2D eigenvalue weighted by Gasteiger charge is 2.08. The topological polar surface area (TPSA) is 28.7 Å². The van der Waals surface area contributed by atoms with Crippen molar-refractivity contribution in [1.29, 1.82) is 0 Å². The first-order valence-corrected chi connectivity index (χ1v) is 9.39. The van der Waals surface area contributed by atoms with E-state index in [0.717, 1.165) is 36.5 Å². The van der Waals surface area contributed by atoms with Crippen molar-refractivity contribution in [2.45, 2.75) is 32.6 Å². The molecule has 2 heteroatoms. The summed E-state index contributed by atoms with van der Waals surface area (Å²) in [6, 6.07) is 25.7. The Hall–Kier alpha value is -2.87. The fourth-order valence-electron chi connectivity index (χ4n) is 3.64. The van der Waals surface area contributed by atoms with Crippen molar-refractivity contribution in [3.05, 3.63) is 89.9 Å². The molecule has 0 atom stereocenters. The van der Waals surface area contributed by atoms with Gasteiger partial charge < -0.3 is 4.98 Å². The van der Waals surface area contributed by atoms with E-state index in [1.54, 1.807) is 0 Å². The van der Waals surface area contributed by atoms with Crippen LogP contribution in [-0.2, 0) is 12.8 Å². The van der Waals surface area contributed by atoms with Gasteiger partial charge in [0.05, 0.1) is 5.69 Å². The van der Waals surface area contributed by atoms with E-state index in [1.165, 1.54) is 28.3 Å². The predicted molar refractivity (Wildman–Crippen MR) is 109 cm³/mol. The Bertz CT molecular complexity index is 994. The van der Waals surface area contributed by atoms with Crippen LogP contribution in [0, 0.1) is 6.92 Å². The minimum atomic E-state index is 0.998. The molecule has 130 valence electrons. The van der Waals surface area contributed by atoms with E-state index in [2.05, 4.69) is 78.6 Å². The lowest BCUT2D eigenvalue weighted by Crippen LogP contribution is -1.92. The van der Waals surface area contributed by atoms with Crippen LogP contribution >= 0.6 is 0 Å². The van der Waals surface area contributed by atoms with Crippen LogP contribution in [0.3, 0.4) is 0 Å². The van der Waals surface area contributed by atoms with Crippen molar-refractivity contribution in [3.63, 3.8) is 0 Å². The maximum absolute atomic E-state index is 4.82. The summed E-state index contributed by atoms with van der Waals surface area (Å²) in [4.78, 5) is 8.28. The second-order valence-corrected chi connectivity index (χ2v) is 6.87. The highest BCUT2D eigenvalue weighted by Crippen LogP contribution is 2.22. The lowest BCUT2D eigenvalue weighted by Gasteiger charge is -2.06. The number of hydrogen-bond donors (Lipinski definition) is 1. The number of rotatable bonds is 6. The molecule has 0 saturated carbocycles. The summed E-state index contributed by atoms with van der Waals surface area (Å²) in [5.74, 6) is 1.10. The zero-order valence-corrected chi connectivity index (χ0v) is 15.2. The number of nitrogens with zero attached hydrogens (tertiary/aromatic N) is 1. The molecule has 1 aromatic heterocycles. The molecule has 1 heterocycles. The maximum Gasteiger partial charge on any atom is 0.106 e. The maximum atomic E-state index is 4.82. The Morgan fingerprint density at radius 1 is 0.769 bits per heavy atom. The van der Waals surface area contributed by atoms with Gasteiger partial charge in [-0.2, -0.15) is 0 Å². The van der Waals surface area contributed by atoms with Crippen molar-refractivity contribution in [2.24, 2.45) is 0 Å². The van der Waals surface area contributed by atoms with Gasteiger partial charge in [-0.05, 0) is 42.5 Å². The summed E-state index contributed by atoms with van der Waals surface area (Å²) >= 11 is 0. The Kier molecular flexibility index (Phi) is 4.83. The number of aryl methyl sites for hydroxylation is 3. The molecular weight excluding hydrogens is 316 g/mol. The molecule has 0 bridgehead atoms. The molecule has 26 heavy (non-hydrogen) atoms. The van der Waals surface area contributed by atoms with Gasteiger partial charge >= 0.3 is 0 Å². The summed E-state index contributed by atoms with van der Waals surface area (Å²) in [6.07, 6.45) is 4.43. The molecule has 2 nitrogen and oxygen atoms in total. The van der Waals surface area contributed by atoms with Crippen molar-refractivity contribution < 1.29 is 0 Å². The Morgan fingerprint density at radius 2 is 1.50 bits per heavy atom. The van der Waals surface area contributed by atoms with Gasteiger partial charge in [-0.3, -0.25) is 0 Å². The zero-order valence-electron chi connectivity index (χ0n) is 15.2. The highest BCUT2D eigenvalue weighted by atomic mass is 14.9. The molecule has 3 aromatic carbocycles. The molecule has 0 unspecified atom stereocenters. The molecule has 0 radical (unpaired) electrons. The third-order valence-corrected chi connectivity index (χ3v) is 4.97. The minimum absolute atomic E-state index is 0.998. The van der Waals surface area contributed by atoms with Gasteiger partial charge in [0.15, 0.2) is 0 Å². The van der Waals surface area contributed by atoms with E-state index in [1.807, 2.05) is 6.07 Å². The fourth-order valence-corrected chi connectivity index (χ4v) is 3.64. The number of aromatic nitrogens is 2. The average molecular weight is 340 g/mol. The van der Waals surface area contributed by atoms with E-state index >= 15 is 0 Å². The molecule has 0 amide bonds. The van der Waals surface area contributed by atoms with Gasteiger partial charge in [0.25, 0.3) is 0 Å². The minimum Gasteiger partial charge on any atom is -0.346 e. The quantitative estimate of drug-likeness (QED) is 0.422. The SMILES string of the molecule is Cc1[nH]c(CCCCc2cccc3ccccc23)nc1-c1ccccc1. The number of unbranched alkanes of at least 4 members (excludes halogenated alkanes) is 1. The normalized spacial score (nSPS) is 11.1. The van der Waals surface area contributed by atoms with Crippen LogP contribution in [-0.4, -0.2) is 9.97 Å². The predicted octanol–water partition coefficient (Wildman–Crippen LogP) is 6.10. The van der Waals surface area contributed by atoms with E-state index in [0.29, 0.717) is 0 Å². The lowest BCUT2D eigenvalue weighted by molar-refractivity contribution is 0.715. The smallest absolute Gasteiger partial charge is 0.106 e. The molecule has 4 rings (SSSR count). The van der Waals surface area contributed by atoms with Crippen LogP contribution in [0.25, 0.3) is 22.0 Å². The Balaban J connectivity index is 1.38. The van der Waals surface area contributed by atoms with Gasteiger partial charge in [0, 0.05) is 17.7 Å². The number of H-pyrrole nitrogens is 1. The van der Waals surface area contributed by atoms with Crippen LogP contribution in [0.4, 0.5) is 0 Å². The van der Waals surface area contributed by atoms with Crippen LogP contribution in [0.15, 0.2) is 72.8 Å². The zero-order chi connectivity index (χ0) is 17.8. The number of aromatic amines is 1. The number of imidazole rings is 1. The lowest BCUT2D eigenvalue weighted by atomic mass is 10.00. The monoisotopic (exact) mass is 340 g/mol. The van der Waals surface area contributed by atoms with E-state index < -0.39 is 0 Å². The van der Waals surface area contributed by atoms with E-state index in [9.17, 15) is 0 Å². The first-order chi connectivity index (χ1) is 12.8. The largest absolute Gasteiger partial charge is 0.346 e. The van der Waals surface area contributed by atoms with Crippen molar-refractivity contribution >= 4 is 10.8 Å². The summed E-state index contributed by atoms with van der Waals surface area (Å²) in [6.45, 7) is 2.11. The van der Waals surface area contributed by atoms with Gasteiger partial charge in [0.2, 0.25) is 0 Å². The highest BCUT2D eigenvalue weighted by molar-refractivity contribution is 5.85. The summed E-state index contributed by atoms with van der Waals surface area (Å²) in [5.41, 5.74) is 4.86. The number of fused-ring (bicyclic) bond motifs is 1. The summed E-state index contributed by atoms with van der Waals surface area (Å²) in [5, 5.41) is 2.72. The average Bonchev–Trinajstić information content (AvgIpc) is 3.06. The molecule has 4 aromatic rings. The third kappa shape index (κ3) is 3.55. The Morgan fingerprint density at radius 3 is 2.38 bits per heavy atom. The summed E-state index contributed by atoms with van der Waals surface area (Å²) < 4.78 is 0. The molecule has 0 fully saturated rings. The van der Waals surface area contributed by atoms with Gasteiger partial charge in [-0.15, -0.1) is 0 Å².